The van der Waals surface area contributed by atoms with Gasteiger partial charge in [0.15, 0.2) is 0 Å². The Bertz CT molecular complexity index is 660. The van der Waals surface area contributed by atoms with Crippen molar-refractivity contribution < 1.29 is 4.74 Å². The molecule has 2 aromatic rings. The highest BCUT2D eigenvalue weighted by Crippen LogP contribution is 2.35. The molecule has 3 heterocycles. The van der Waals surface area contributed by atoms with Crippen molar-refractivity contribution in [3.05, 3.63) is 35.2 Å². The summed E-state index contributed by atoms with van der Waals surface area (Å²) in [5, 5.41) is 4.66. The van der Waals surface area contributed by atoms with Crippen LogP contribution >= 0.6 is 0 Å². The Morgan fingerprint density at radius 3 is 3.10 bits per heavy atom. The van der Waals surface area contributed by atoms with Crippen LogP contribution in [0.15, 0.2) is 18.2 Å². The first-order chi connectivity index (χ1) is 9.86. The molecule has 0 radical (unpaired) electrons. The second-order valence-corrected chi connectivity index (χ2v) is 5.57. The van der Waals surface area contributed by atoms with Crippen LogP contribution in [-0.2, 0) is 25.9 Å². The maximum atomic E-state index is 5.89. The smallest absolute Gasteiger partial charge is 0.122 e. The van der Waals surface area contributed by atoms with E-state index in [-0.39, 0.29) is 0 Å². The number of aryl methyl sites for hydroxylation is 2. The summed E-state index contributed by atoms with van der Waals surface area (Å²) in [6, 6.07) is 6.52. The maximum absolute atomic E-state index is 5.89. The van der Waals surface area contributed by atoms with Crippen LogP contribution in [0.25, 0.3) is 11.1 Å². The second-order valence-electron chi connectivity index (χ2n) is 5.57. The Morgan fingerprint density at radius 1 is 1.25 bits per heavy atom. The molecule has 104 valence electrons. The Morgan fingerprint density at radius 2 is 2.20 bits per heavy atom. The molecule has 0 saturated carbocycles. The molecular formula is C16H19N3O. The van der Waals surface area contributed by atoms with Crippen LogP contribution in [0.4, 0.5) is 0 Å². The molecule has 0 bridgehead atoms. The van der Waals surface area contributed by atoms with Gasteiger partial charge in [0, 0.05) is 24.3 Å². The number of ether oxygens (including phenoxy) is 1. The van der Waals surface area contributed by atoms with Crippen molar-refractivity contribution >= 4 is 0 Å². The predicted molar refractivity (Wildman–Crippen MR) is 77.7 cm³/mol. The minimum Gasteiger partial charge on any atom is -0.493 e. The molecule has 0 fully saturated rings. The van der Waals surface area contributed by atoms with Gasteiger partial charge < -0.3 is 10.5 Å². The van der Waals surface area contributed by atoms with Gasteiger partial charge in [-0.15, -0.1) is 0 Å². The molecule has 0 amide bonds. The second kappa shape index (κ2) is 4.63. The number of benzene rings is 1. The molecule has 4 rings (SSSR count). The van der Waals surface area contributed by atoms with Crippen molar-refractivity contribution in [3.63, 3.8) is 0 Å². The van der Waals surface area contributed by atoms with Gasteiger partial charge in [-0.05, 0) is 48.9 Å². The van der Waals surface area contributed by atoms with Gasteiger partial charge in [0.05, 0.1) is 12.3 Å². The van der Waals surface area contributed by atoms with E-state index in [0.29, 0.717) is 6.54 Å². The van der Waals surface area contributed by atoms with E-state index in [1.807, 2.05) is 0 Å². The molecule has 0 unspecified atom stereocenters. The standard InChI is InChI=1S/C16H19N3O/c17-10-13-16(14-4-1-7-19(14)18-13)12-5-6-15-11(9-12)3-2-8-20-15/h5-6,9H,1-4,7-8,10,17H2. The summed E-state index contributed by atoms with van der Waals surface area (Å²) in [5.74, 6) is 1.04. The van der Waals surface area contributed by atoms with Crippen LogP contribution in [-0.4, -0.2) is 16.4 Å². The Balaban J connectivity index is 1.85. The molecular weight excluding hydrogens is 250 g/mol. The molecule has 0 aliphatic carbocycles. The molecule has 0 saturated heterocycles. The summed E-state index contributed by atoms with van der Waals surface area (Å²) >= 11 is 0. The number of nitrogens with zero attached hydrogens (tertiary/aromatic N) is 2. The zero-order chi connectivity index (χ0) is 13.5. The van der Waals surface area contributed by atoms with Gasteiger partial charge in [0.25, 0.3) is 0 Å². The van der Waals surface area contributed by atoms with E-state index in [4.69, 9.17) is 10.5 Å². The van der Waals surface area contributed by atoms with Crippen molar-refractivity contribution in [2.24, 2.45) is 5.73 Å². The first kappa shape index (κ1) is 12.0. The minimum absolute atomic E-state index is 0.503. The molecule has 20 heavy (non-hydrogen) atoms. The fourth-order valence-electron chi connectivity index (χ4n) is 3.38. The lowest BCUT2D eigenvalue weighted by molar-refractivity contribution is 0.288. The maximum Gasteiger partial charge on any atom is 0.122 e. The van der Waals surface area contributed by atoms with Gasteiger partial charge in [-0.3, -0.25) is 4.68 Å². The molecule has 4 nitrogen and oxygen atoms in total. The van der Waals surface area contributed by atoms with Gasteiger partial charge in [-0.1, -0.05) is 6.07 Å². The van der Waals surface area contributed by atoms with E-state index in [1.54, 1.807) is 0 Å². The molecule has 1 aromatic heterocycles. The van der Waals surface area contributed by atoms with Crippen molar-refractivity contribution in [2.75, 3.05) is 6.61 Å². The molecule has 2 N–H and O–H groups in total. The molecule has 1 aromatic carbocycles. The fourth-order valence-corrected chi connectivity index (χ4v) is 3.38. The van der Waals surface area contributed by atoms with E-state index < -0.39 is 0 Å². The molecule has 0 spiro atoms. The van der Waals surface area contributed by atoms with Gasteiger partial charge in [-0.25, -0.2) is 0 Å². The summed E-state index contributed by atoms with van der Waals surface area (Å²) in [6.45, 7) is 2.36. The zero-order valence-corrected chi connectivity index (χ0v) is 11.6. The highest BCUT2D eigenvalue weighted by Gasteiger charge is 2.23. The average Bonchev–Trinajstić information content (AvgIpc) is 3.06. The van der Waals surface area contributed by atoms with E-state index in [9.17, 15) is 0 Å². The minimum atomic E-state index is 0.503. The molecule has 4 heteroatoms. The van der Waals surface area contributed by atoms with Crippen molar-refractivity contribution in [3.8, 4) is 16.9 Å². The van der Waals surface area contributed by atoms with Gasteiger partial charge in [-0.2, -0.15) is 5.10 Å². The third-order valence-corrected chi connectivity index (χ3v) is 4.30. The molecule has 2 aliphatic heterocycles. The van der Waals surface area contributed by atoms with E-state index in [2.05, 4.69) is 28.0 Å². The van der Waals surface area contributed by atoms with Crippen molar-refractivity contribution in [1.29, 1.82) is 0 Å². The highest BCUT2D eigenvalue weighted by atomic mass is 16.5. The lowest BCUT2D eigenvalue weighted by atomic mass is 9.96. The predicted octanol–water partition coefficient (Wildman–Crippen LogP) is 2.28. The summed E-state index contributed by atoms with van der Waals surface area (Å²) in [7, 11) is 0. The van der Waals surface area contributed by atoms with Crippen LogP contribution in [0.3, 0.4) is 0 Å². The Labute approximate surface area is 118 Å². The first-order valence-electron chi connectivity index (χ1n) is 7.41. The van der Waals surface area contributed by atoms with E-state index in [0.717, 1.165) is 43.9 Å². The van der Waals surface area contributed by atoms with Gasteiger partial charge >= 0.3 is 0 Å². The summed E-state index contributed by atoms with van der Waals surface area (Å²) in [6.07, 6.45) is 4.50. The van der Waals surface area contributed by atoms with E-state index >= 15 is 0 Å². The first-order valence-corrected chi connectivity index (χ1v) is 7.41. The third-order valence-electron chi connectivity index (χ3n) is 4.30. The quantitative estimate of drug-likeness (QED) is 0.910. The number of rotatable bonds is 2. The van der Waals surface area contributed by atoms with E-state index in [1.165, 1.54) is 28.8 Å². The zero-order valence-electron chi connectivity index (χ0n) is 11.6. The largest absolute Gasteiger partial charge is 0.493 e. The topological polar surface area (TPSA) is 53.1 Å². The fraction of sp³-hybridized carbons (Fsp3) is 0.438. The van der Waals surface area contributed by atoms with Crippen LogP contribution < -0.4 is 10.5 Å². The van der Waals surface area contributed by atoms with Gasteiger partial charge in [0.2, 0.25) is 0 Å². The number of aromatic nitrogens is 2. The average molecular weight is 269 g/mol. The van der Waals surface area contributed by atoms with Crippen LogP contribution in [0.1, 0.15) is 29.8 Å². The molecule has 2 aliphatic rings. The lowest BCUT2D eigenvalue weighted by Crippen LogP contribution is -2.08. The number of hydrogen-bond donors (Lipinski definition) is 1. The monoisotopic (exact) mass is 269 g/mol. The summed E-state index contributed by atoms with van der Waals surface area (Å²) in [5.41, 5.74) is 12.1. The number of nitrogens with two attached hydrogens (primary N) is 1. The number of fused-ring (bicyclic) bond motifs is 2. The van der Waals surface area contributed by atoms with Crippen LogP contribution in [0, 0.1) is 0 Å². The van der Waals surface area contributed by atoms with Crippen LogP contribution in [0.2, 0.25) is 0 Å². The van der Waals surface area contributed by atoms with Gasteiger partial charge in [0.1, 0.15) is 5.75 Å². The molecule has 0 atom stereocenters. The Hall–Kier alpha value is -1.81. The number of hydrogen-bond acceptors (Lipinski definition) is 3. The summed E-state index contributed by atoms with van der Waals surface area (Å²) in [4.78, 5) is 0. The van der Waals surface area contributed by atoms with Crippen molar-refractivity contribution in [1.82, 2.24) is 9.78 Å². The van der Waals surface area contributed by atoms with Crippen LogP contribution in [0.5, 0.6) is 5.75 Å². The lowest BCUT2D eigenvalue weighted by Gasteiger charge is -2.18. The highest BCUT2D eigenvalue weighted by molar-refractivity contribution is 5.71. The SMILES string of the molecule is NCc1nn2c(c1-c1ccc3c(c1)CCCO3)CCC2. The Kier molecular flexibility index (Phi) is 2.77. The third kappa shape index (κ3) is 1.75. The normalized spacial score (nSPS) is 16.6. The summed E-state index contributed by atoms with van der Waals surface area (Å²) < 4.78 is 7.83. The van der Waals surface area contributed by atoms with Crippen molar-refractivity contribution in [2.45, 2.75) is 38.8 Å².